The SMILES string of the molecule is CN(C(=O)OCc1ccccc1)[C@H]1[C@@H]2CN(C(=O)OC(C)(C)C)C[C@@H]21. The molecule has 25 heavy (non-hydrogen) atoms. The molecule has 1 aliphatic heterocycles. The van der Waals surface area contributed by atoms with Crippen molar-refractivity contribution in [3.05, 3.63) is 35.9 Å². The third kappa shape index (κ3) is 4.06. The maximum atomic E-state index is 12.2. The van der Waals surface area contributed by atoms with E-state index in [1.807, 2.05) is 51.1 Å². The molecule has 2 amide bonds. The van der Waals surface area contributed by atoms with Gasteiger partial charge in [0.2, 0.25) is 0 Å². The second-order valence-electron chi connectivity index (χ2n) is 7.85. The van der Waals surface area contributed by atoms with Gasteiger partial charge in [0, 0.05) is 38.0 Å². The second-order valence-corrected chi connectivity index (χ2v) is 7.85. The summed E-state index contributed by atoms with van der Waals surface area (Å²) in [7, 11) is 1.77. The smallest absolute Gasteiger partial charge is 0.410 e. The van der Waals surface area contributed by atoms with Crippen LogP contribution in [0.4, 0.5) is 9.59 Å². The highest BCUT2D eigenvalue weighted by atomic mass is 16.6. The summed E-state index contributed by atoms with van der Waals surface area (Å²) in [6, 6.07) is 9.78. The summed E-state index contributed by atoms with van der Waals surface area (Å²) in [5.41, 5.74) is 0.484. The molecule has 1 saturated carbocycles. The standard InChI is InChI=1S/C19H26N2O4/c1-19(2,3)25-18(23)21-10-14-15(11-21)16(14)20(4)17(22)24-12-13-8-6-5-7-9-13/h5-9,14-16H,10-12H2,1-4H3/t14-,15+,16+. The van der Waals surface area contributed by atoms with Crippen molar-refractivity contribution in [2.75, 3.05) is 20.1 Å². The zero-order valence-electron chi connectivity index (χ0n) is 15.3. The number of hydrogen-bond donors (Lipinski definition) is 0. The van der Waals surface area contributed by atoms with Gasteiger partial charge in [0.05, 0.1) is 0 Å². The fraction of sp³-hybridized carbons (Fsp3) is 0.579. The van der Waals surface area contributed by atoms with Gasteiger partial charge in [-0.2, -0.15) is 0 Å². The molecule has 6 heteroatoms. The van der Waals surface area contributed by atoms with Crippen LogP contribution in [0.3, 0.4) is 0 Å². The Bertz CT molecular complexity index is 629. The summed E-state index contributed by atoms with van der Waals surface area (Å²) in [6.45, 7) is 7.14. The van der Waals surface area contributed by atoms with Crippen LogP contribution in [0.15, 0.2) is 30.3 Å². The fourth-order valence-electron chi connectivity index (χ4n) is 3.49. The summed E-state index contributed by atoms with van der Waals surface area (Å²) in [5.74, 6) is 0.642. The number of ether oxygens (including phenoxy) is 2. The van der Waals surface area contributed by atoms with E-state index in [9.17, 15) is 9.59 Å². The summed E-state index contributed by atoms with van der Waals surface area (Å²) >= 11 is 0. The van der Waals surface area contributed by atoms with Gasteiger partial charge < -0.3 is 19.3 Å². The molecule has 2 fully saturated rings. The summed E-state index contributed by atoms with van der Waals surface area (Å²) < 4.78 is 10.8. The van der Waals surface area contributed by atoms with E-state index >= 15 is 0 Å². The largest absolute Gasteiger partial charge is 0.445 e. The molecule has 1 saturated heterocycles. The second kappa shape index (κ2) is 6.58. The van der Waals surface area contributed by atoms with Crippen LogP contribution in [0.1, 0.15) is 26.3 Å². The Labute approximate surface area is 148 Å². The lowest BCUT2D eigenvalue weighted by atomic mass is 10.2. The molecule has 0 radical (unpaired) electrons. The minimum absolute atomic E-state index is 0.155. The predicted octanol–water partition coefficient (Wildman–Crippen LogP) is 3.12. The molecule has 1 aromatic rings. The highest BCUT2D eigenvalue weighted by Gasteiger charge is 2.60. The molecule has 1 aromatic carbocycles. The molecule has 6 nitrogen and oxygen atoms in total. The van der Waals surface area contributed by atoms with E-state index in [0.717, 1.165) is 5.56 Å². The van der Waals surface area contributed by atoms with Crippen LogP contribution >= 0.6 is 0 Å². The van der Waals surface area contributed by atoms with Crippen molar-refractivity contribution in [2.45, 2.75) is 39.0 Å². The third-order valence-corrected chi connectivity index (χ3v) is 4.74. The molecular weight excluding hydrogens is 320 g/mol. The number of benzene rings is 1. The van der Waals surface area contributed by atoms with Gasteiger partial charge in [-0.25, -0.2) is 9.59 Å². The van der Waals surface area contributed by atoms with Crippen molar-refractivity contribution < 1.29 is 19.1 Å². The van der Waals surface area contributed by atoms with Crippen molar-refractivity contribution in [3.8, 4) is 0 Å². The Kier molecular flexibility index (Phi) is 4.62. The quantitative estimate of drug-likeness (QED) is 0.844. The number of nitrogens with zero attached hydrogens (tertiary/aromatic N) is 2. The first kappa shape index (κ1) is 17.6. The number of likely N-dealkylation sites (tertiary alicyclic amines) is 1. The van der Waals surface area contributed by atoms with Crippen molar-refractivity contribution in [3.63, 3.8) is 0 Å². The van der Waals surface area contributed by atoms with Crippen LogP contribution in [0.5, 0.6) is 0 Å². The monoisotopic (exact) mass is 346 g/mol. The Balaban J connectivity index is 1.45. The van der Waals surface area contributed by atoms with Gasteiger partial charge in [-0.1, -0.05) is 30.3 Å². The van der Waals surface area contributed by atoms with Gasteiger partial charge in [0.15, 0.2) is 0 Å². The number of carbonyl (C=O) groups excluding carboxylic acids is 2. The maximum Gasteiger partial charge on any atom is 0.410 e. The third-order valence-electron chi connectivity index (χ3n) is 4.74. The Morgan fingerprint density at radius 3 is 2.32 bits per heavy atom. The van der Waals surface area contributed by atoms with Gasteiger partial charge in [0.25, 0.3) is 0 Å². The molecule has 0 aromatic heterocycles. The van der Waals surface area contributed by atoms with Crippen molar-refractivity contribution in [1.82, 2.24) is 9.80 Å². The molecule has 1 aliphatic carbocycles. The van der Waals surface area contributed by atoms with Crippen molar-refractivity contribution in [2.24, 2.45) is 11.8 Å². The van der Waals surface area contributed by atoms with Crippen LogP contribution in [0, 0.1) is 11.8 Å². The minimum atomic E-state index is -0.485. The highest BCUT2D eigenvalue weighted by molar-refractivity contribution is 5.70. The number of fused-ring (bicyclic) bond motifs is 1. The van der Waals surface area contributed by atoms with Crippen molar-refractivity contribution >= 4 is 12.2 Å². The maximum absolute atomic E-state index is 12.2. The van der Waals surface area contributed by atoms with E-state index < -0.39 is 5.60 Å². The molecule has 3 atom stereocenters. The Morgan fingerprint density at radius 1 is 1.16 bits per heavy atom. The summed E-state index contributed by atoms with van der Waals surface area (Å²) in [4.78, 5) is 27.7. The predicted molar refractivity (Wildman–Crippen MR) is 93.0 cm³/mol. The number of rotatable bonds is 3. The first-order valence-electron chi connectivity index (χ1n) is 8.68. The lowest BCUT2D eigenvalue weighted by molar-refractivity contribution is 0.0258. The van der Waals surface area contributed by atoms with Gasteiger partial charge in [0.1, 0.15) is 12.2 Å². The van der Waals surface area contributed by atoms with Gasteiger partial charge >= 0.3 is 12.2 Å². The summed E-state index contributed by atoms with van der Waals surface area (Å²) in [6.07, 6.45) is -0.583. The zero-order chi connectivity index (χ0) is 18.2. The normalized spacial score (nSPS) is 24.5. The average Bonchev–Trinajstić information content (AvgIpc) is 3.04. The number of amides is 2. The Morgan fingerprint density at radius 2 is 1.76 bits per heavy atom. The highest BCUT2D eigenvalue weighted by Crippen LogP contribution is 2.48. The molecular formula is C19H26N2O4. The molecule has 0 spiro atoms. The van der Waals surface area contributed by atoms with Crippen LogP contribution in [0.25, 0.3) is 0 Å². The minimum Gasteiger partial charge on any atom is -0.445 e. The van der Waals surface area contributed by atoms with Gasteiger partial charge in [-0.15, -0.1) is 0 Å². The van der Waals surface area contributed by atoms with Crippen LogP contribution < -0.4 is 0 Å². The molecule has 3 rings (SSSR count). The Hall–Kier alpha value is -2.24. The first-order valence-corrected chi connectivity index (χ1v) is 8.68. The van der Waals surface area contributed by atoms with Crippen molar-refractivity contribution in [1.29, 1.82) is 0 Å². The fourth-order valence-corrected chi connectivity index (χ4v) is 3.49. The number of hydrogen-bond acceptors (Lipinski definition) is 4. The zero-order valence-corrected chi connectivity index (χ0v) is 15.3. The van der Waals surface area contributed by atoms with E-state index in [1.165, 1.54) is 0 Å². The van der Waals surface area contributed by atoms with E-state index in [4.69, 9.17) is 9.47 Å². The van der Waals surface area contributed by atoms with Gasteiger partial charge in [-0.3, -0.25) is 0 Å². The molecule has 0 N–H and O–H groups in total. The number of carbonyl (C=O) groups is 2. The lowest BCUT2D eigenvalue weighted by Gasteiger charge is -2.27. The molecule has 1 heterocycles. The number of piperidine rings is 1. The van der Waals surface area contributed by atoms with Crippen LogP contribution in [-0.4, -0.2) is 53.8 Å². The van der Waals surface area contributed by atoms with E-state index in [1.54, 1.807) is 16.8 Å². The van der Waals surface area contributed by atoms with Crippen LogP contribution in [-0.2, 0) is 16.1 Å². The summed E-state index contributed by atoms with van der Waals surface area (Å²) in [5, 5.41) is 0. The average molecular weight is 346 g/mol. The molecule has 2 aliphatic rings. The first-order chi connectivity index (χ1) is 11.8. The van der Waals surface area contributed by atoms with E-state index in [-0.39, 0.29) is 24.8 Å². The van der Waals surface area contributed by atoms with E-state index in [0.29, 0.717) is 24.9 Å². The molecule has 0 unspecified atom stereocenters. The molecule has 136 valence electrons. The lowest BCUT2D eigenvalue weighted by Crippen LogP contribution is -2.40. The van der Waals surface area contributed by atoms with Crippen LogP contribution in [0.2, 0.25) is 0 Å². The van der Waals surface area contributed by atoms with Gasteiger partial charge in [-0.05, 0) is 26.3 Å². The van der Waals surface area contributed by atoms with E-state index in [2.05, 4.69) is 0 Å². The molecule has 0 bridgehead atoms. The topological polar surface area (TPSA) is 59.1 Å².